The summed E-state index contributed by atoms with van der Waals surface area (Å²) in [6.07, 6.45) is 0.859. The molecule has 0 amide bonds. The molecule has 56 valence electrons. The van der Waals surface area contributed by atoms with E-state index in [0.29, 0.717) is 5.92 Å². The van der Waals surface area contributed by atoms with Crippen LogP contribution in [0.4, 0.5) is 0 Å². The summed E-state index contributed by atoms with van der Waals surface area (Å²) >= 11 is 0. The van der Waals surface area contributed by atoms with E-state index in [2.05, 4.69) is 12.2 Å². The summed E-state index contributed by atoms with van der Waals surface area (Å²) in [4.78, 5) is 0. The fraction of sp³-hybridized carbons (Fsp3) is 1.00. The minimum atomic E-state index is -0.0590. The van der Waals surface area contributed by atoms with Crippen LogP contribution in [-0.2, 0) is 0 Å². The van der Waals surface area contributed by atoms with Gasteiger partial charge in [-0.3, -0.25) is 0 Å². The lowest BCUT2D eigenvalue weighted by molar-refractivity contribution is 0.0882. The standard InChI is InChI=1S/C6H13NO.ClH/c1-5-4-7-3-2-6(5)8;/h5-8H,2-4H2,1H3;1H/t5-,6-;/m1./s1. The lowest BCUT2D eigenvalue weighted by Crippen LogP contribution is -2.38. The molecule has 1 saturated heterocycles. The van der Waals surface area contributed by atoms with E-state index >= 15 is 0 Å². The predicted molar refractivity (Wildman–Crippen MR) is 39.9 cm³/mol. The lowest BCUT2D eigenvalue weighted by Gasteiger charge is -2.24. The van der Waals surface area contributed by atoms with E-state index in [9.17, 15) is 0 Å². The van der Waals surface area contributed by atoms with E-state index in [1.54, 1.807) is 0 Å². The molecule has 0 bridgehead atoms. The maximum absolute atomic E-state index is 9.14. The van der Waals surface area contributed by atoms with Crippen LogP contribution in [0.25, 0.3) is 0 Å². The molecule has 0 saturated carbocycles. The van der Waals surface area contributed by atoms with Crippen molar-refractivity contribution in [3.8, 4) is 0 Å². The summed E-state index contributed by atoms with van der Waals surface area (Å²) in [5.74, 6) is 0.448. The molecule has 1 rings (SSSR count). The van der Waals surface area contributed by atoms with Gasteiger partial charge in [-0.25, -0.2) is 0 Å². The van der Waals surface area contributed by atoms with Gasteiger partial charge in [0, 0.05) is 6.54 Å². The summed E-state index contributed by atoms with van der Waals surface area (Å²) in [5, 5.41) is 12.3. The second-order valence-corrected chi connectivity index (χ2v) is 2.54. The van der Waals surface area contributed by atoms with Gasteiger partial charge in [0.2, 0.25) is 0 Å². The van der Waals surface area contributed by atoms with Crippen molar-refractivity contribution in [2.45, 2.75) is 19.4 Å². The molecule has 2 nitrogen and oxygen atoms in total. The number of hydrogen-bond acceptors (Lipinski definition) is 2. The first kappa shape index (κ1) is 9.21. The Balaban J connectivity index is 0.000000640. The Labute approximate surface area is 62.1 Å². The zero-order valence-corrected chi connectivity index (χ0v) is 6.45. The molecule has 1 fully saturated rings. The first-order valence-corrected chi connectivity index (χ1v) is 3.19. The van der Waals surface area contributed by atoms with E-state index in [1.807, 2.05) is 0 Å². The predicted octanol–water partition coefficient (Wildman–Crippen LogP) is 0.398. The van der Waals surface area contributed by atoms with Gasteiger partial charge in [0.1, 0.15) is 0 Å². The molecule has 0 aromatic carbocycles. The molecule has 9 heavy (non-hydrogen) atoms. The summed E-state index contributed by atoms with van der Waals surface area (Å²) in [5.41, 5.74) is 0. The Hall–Kier alpha value is 0.210. The van der Waals surface area contributed by atoms with Crippen LogP contribution in [0, 0.1) is 5.92 Å². The highest BCUT2D eigenvalue weighted by atomic mass is 35.5. The van der Waals surface area contributed by atoms with E-state index in [1.165, 1.54) is 0 Å². The molecule has 0 aliphatic carbocycles. The van der Waals surface area contributed by atoms with Crippen molar-refractivity contribution >= 4 is 12.4 Å². The molecule has 2 atom stereocenters. The number of nitrogens with one attached hydrogen (secondary N) is 1. The SMILES string of the molecule is C[C@@H]1CNCC[C@H]1O.Cl. The van der Waals surface area contributed by atoms with Crippen molar-refractivity contribution in [1.82, 2.24) is 5.32 Å². The Bertz CT molecular complexity index is 69.5. The normalized spacial score (nSPS) is 35.3. The third-order valence-electron chi connectivity index (χ3n) is 1.74. The van der Waals surface area contributed by atoms with Gasteiger partial charge >= 0.3 is 0 Å². The van der Waals surface area contributed by atoms with Crippen LogP contribution in [0.1, 0.15) is 13.3 Å². The molecule has 2 N–H and O–H groups in total. The van der Waals surface area contributed by atoms with Gasteiger partial charge in [-0.2, -0.15) is 0 Å². The van der Waals surface area contributed by atoms with Gasteiger partial charge in [-0.15, -0.1) is 12.4 Å². The Morgan fingerprint density at radius 3 is 2.56 bits per heavy atom. The number of rotatable bonds is 0. The van der Waals surface area contributed by atoms with Crippen LogP contribution in [-0.4, -0.2) is 24.3 Å². The fourth-order valence-corrected chi connectivity index (χ4v) is 1.00. The molecular formula is C6H14ClNO. The summed E-state index contributed by atoms with van der Waals surface area (Å²) in [7, 11) is 0. The highest BCUT2D eigenvalue weighted by molar-refractivity contribution is 5.85. The van der Waals surface area contributed by atoms with E-state index in [4.69, 9.17) is 5.11 Å². The van der Waals surface area contributed by atoms with Gasteiger partial charge in [0.05, 0.1) is 6.10 Å². The van der Waals surface area contributed by atoms with Gasteiger partial charge in [-0.05, 0) is 18.9 Å². The summed E-state index contributed by atoms with van der Waals surface area (Å²) in [6.45, 7) is 4.02. The second-order valence-electron chi connectivity index (χ2n) is 2.54. The van der Waals surface area contributed by atoms with Crippen LogP contribution >= 0.6 is 12.4 Å². The van der Waals surface area contributed by atoms with Crippen LogP contribution < -0.4 is 5.32 Å². The van der Waals surface area contributed by atoms with E-state index in [-0.39, 0.29) is 18.5 Å². The first-order valence-electron chi connectivity index (χ1n) is 3.19. The zero-order valence-electron chi connectivity index (χ0n) is 5.63. The van der Waals surface area contributed by atoms with E-state index in [0.717, 1.165) is 19.5 Å². The first-order chi connectivity index (χ1) is 3.80. The topological polar surface area (TPSA) is 32.3 Å². The van der Waals surface area contributed by atoms with Crippen molar-refractivity contribution in [1.29, 1.82) is 0 Å². The number of hydrogen-bond donors (Lipinski definition) is 2. The molecule has 0 spiro atoms. The van der Waals surface area contributed by atoms with Gasteiger partial charge in [0.25, 0.3) is 0 Å². The quantitative estimate of drug-likeness (QED) is 0.526. The maximum atomic E-state index is 9.14. The zero-order chi connectivity index (χ0) is 5.98. The third-order valence-corrected chi connectivity index (χ3v) is 1.74. The highest BCUT2D eigenvalue weighted by Crippen LogP contribution is 2.08. The molecule has 0 aromatic heterocycles. The summed E-state index contributed by atoms with van der Waals surface area (Å²) in [6, 6.07) is 0. The minimum absolute atomic E-state index is 0. The molecule has 0 radical (unpaired) electrons. The number of halogens is 1. The minimum Gasteiger partial charge on any atom is -0.393 e. The molecule has 0 unspecified atom stereocenters. The monoisotopic (exact) mass is 151 g/mol. The van der Waals surface area contributed by atoms with Crippen LogP contribution in [0.5, 0.6) is 0 Å². The molecule has 3 heteroatoms. The fourth-order valence-electron chi connectivity index (χ4n) is 1.00. The van der Waals surface area contributed by atoms with Crippen molar-refractivity contribution in [2.75, 3.05) is 13.1 Å². The smallest absolute Gasteiger partial charge is 0.0590 e. The van der Waals surface area contributed by atoms with Crippen molar-refractivity contribution in [2.24, 2.45) is 5.92 Å². The Kier molecular flexibility index (Phi) is 4.19. The molecule has 0 aromatic rings. The third kappa shape index (κ3) is 2.52. The van der Waals surface area contributed by atoms with Gasteiger partial charge in [0.15, 0.2) is 0 Å². The Morgan fingerprint density at radius 2 is 2.22 bits per heavy atom. The lowest BCUT2D eigenvalue weighted by atomic mass is 9.99. The van der Waals surface area contributed by atoms with Crippen molar-refractivity contribution in [3.63, 3.8) is 0 Å². The average molecular weight is 152 g/mol. The largest absolute Gasteiger partial charge is 0.393 e. The van der Waals surface area contributed by atoms with Crippen molar-refractivity contribution in [3.05, 3.63) is 0 Å². The van der Waals surface area contributed by atoms with E-state index < -0.39 is 0 Å². The van der Waals surface area contributed by atoms with Crippen LogP contribution in [0.15, 0.2) is 0 Å². The molecule has 1 aliphatic heterocycles. The summed E-state index contributed by atoms with van der Waals surface area (Å²) < 4.78 is 0. The Morgan fingerprint density at radius 1 is 1.56 bits per heavy atom. The number of piperidine rings is 1. The maximum Gasteiger partial charge on any atom is 0.0590 e. The van der Waals surface area contributed by atoms with Gasteiger partial charge in [-0.1, -0.05) is 6.92 Å². The molecule has 1 aliphatic rings. The molecule has 1 heterocycles. The second kappa shape index (κ2) is 4.09. The average Bonchev–Trinajstić information content (AvgIpc) is 1.77. The van der Waals surface area contributed by atoms with Gasteiger partial charge < -0.3 is 10.4 Å². The number of aliphatic hydroxyl groups excluding tert-OH is 1. The number of aliphatic hydroxyl groups is 1. The van der Waals surface area contributed by atoms with Crippen LogP contribution in [0.2, 0.25) is 0 Å². The van der Waals surface area contributed by atoms with Crippen LogP contribution in [0.3, 0.4) is 0 Å². The highest BCUT2D eigenvalue weighted by Gasteiger charge is 2.16. The van der Waals surface area contributed by atoms with Crippen molar-refractivity contribution < 1.29 is 5.11 Å². The molecular weight excluding hydrogens is 138 g/mol.